The van der Waals surface area contributed by atoms with E-state index in [2.05, 4.69) is 15.9 Å². The van der Waals surface area contributed by atoms with Crippen molar-refractivity contribution < 1.29 is 19.4 Å². The highest BCUT2D eigenvalue weighted by molar-refractivity contribution is 9.09. The number of rotatable bonds is 4. The lowest BCUT2D eigenvalue weighted by Gasteiger charge is -2.10. The Balaban J connectivity index is 3.01. The fourth-order valence-electron chi connectivity index (χ4n) is 1.32. The molecule has 1 aromatic carbocycles. The maximum Gasteiger partial charge on any atom is 0.338 e. The van der Waals surface area contributed by atoms with Crippen LogP contribution >= 0.6 is 15.9 Å². The van der Waals surface area contributed by atoms with Gasteiger partial charge in [0.15, 0.2) is 0 Å². The van der Waals surface area contributed by atoms with Crippen LogP contribution in [0.15, 0.2) is 18.2 Å². The van der Waals surface area contributed by atoms with Gasteiger partial charge < -0.3 is 9.84 Å². The molecule has 0 bridgehead atoms. The van der Waals surface area contributed by atoms with E-state index in [4.69, 9.17) is 4.74 Å². The molecule has 92 valence electrons. The first kappa shape index (κ1) is 13.7. The number of ether oxygens (including phenoxy) is 1. The van der Waals surface area contributed by atoms with E-state index >= 15 is 0 Å². The largest absolute Gasteiger partial charge is 0.508 e. The van der Waals surface area contributed by atoms with Gasteiger partial charge in [-0.2, -0.15) is 0 Å². The zero-order valence-corrected chi connectivity index (χ0v) is 11.2. The average Bonchev–Trinajstić information content (AvgIpc) is 2.28. The predicted molar refractivity (Wildman–Crippen MR) is 66.4 cm³/mol. The number of phenolic OH excluding ortho intramolecular Hbond substituents is 1. The minimum atomic E-state index is -0.571. The summed E-state index contributed by atoms with van der Waals surface area (Å²) in [4.78, 5) is 22.0. The van der Waals surface area contributed by atoms with Crippen LogP contribution in [0.2, 0.25) is 0 Å². The molecule has 5 heteroatoms. The summed E-state index contributed by atoms with van der Waals surface area (Å²) < 4.78 is 4.80. The molecular weight excluding hydrogens is 288 g/mol. The van der Waals surface area contributed by atoms with Crippen LogP contribution in [0, 0.1) is 0 Å². The fourth-order valence-corrected chi connectivity index (χ4v) is 1.71. The van der Waals surface area contributed by atoms with Crippen molar-refractivity contribution in [2.24, 2.45) is 0 Å². The molecule has 0 amide bonds. The maximum atomic E-state index is 11.4. The smallest absolute Gasteiger partial charge is 0.338 e. The first-order valence-corrected chi connectivity index (χ1v) is 6.03. The quantitative estimate of drug-likeness (QED) is 0.686. The average molecular weight is 301 g/mol. The number of Topliss-reactive ketones (excluding diaryl/α,β-unsaturated/α-hetero) is 1. The van der Waals surface area contributed by atoms with Crippen molar-refractivity contribution in [3.05, 3.63) is 29.3 Å². The molecule has 0 fully saturated rings. The molecule has 1 aromatic rings. The Hall–Kier alpha value is -1.36. The lowest BCUT2D eigenvalue weighted by molar-refractivity contribution is -0.116. The molecule has 0 aliphatic heterocycles. The molecule has 1 unspecified atom stereocenters. The highest BCUT2D eigenvalue weighted by atomic mass is 79.9. The van der Waals surface area contributed by atoms with Crippen molar-refractivity contribution >= 4 is 27.7 Å². The zero-order valence-electron chi connectivity index (χ0n) is 9.57. The number of benzene rings is 1. The van der Waals surface area contributed by atoms with Crippen molar-refractivity contribution in [2.75, 3.05) is 6.61 Å². The molecule has 0 saturated heterocycles. The van der Waals surface area contributed by atoms with E-state index in [0.717, 1.165) is 0 Å². The number of carbonyl (C=O) groups is 2. The number of halogens is 1. The molecule has 0 aromatic heterocycles. The second kappa shape index (κ2) is 5.82. The van der Waals surface area contributed by atoms with Crippen molar-refractivity contribution in [2.45, 2.75) is 18.7 Å². The normalized spacial score (nSPS) is 11.9. The van der Waals surface area contributed by atoms with Gasteiger partial charge in [0.25, 0.3) is 0 Å². The highest BCUT2D eigenvalue weighted by Gasteiger charge is 2.18. The van der Waals surface area contributed by atoms with Gasteiger partial charge >= 0.3 is 5.97 Å². The first-order valence-electron chi connectivity index (χ1n) is 5.12. The molecule has 0 spiro atoms. The summed E-state index contributed by atoms with van der Waals surface area (Å²) >= 11 is 3.17. The summed E-state index contributed by atoms with van der Waals surface area (Å²) in [6.07, 6.45) is 0. The highest BCUT2D eigenvalue weighted by Crippen LogP contribution is 2.31. The Kier molecular flexibility index (Phi) is 4.69. The van der Waals surface area contributed by atoms with Crippen LogP contribution < -0.4 is 0 Å². The van der Waals surface area contributed by atoms with E-state index in [1.807, 2.05) is 0 Å². The summed E-state index contributed by atoms with van der Waals surface area (Å²) in [6.45, 7) is 3.39. The van der Waals surface area contributed by atoms with Crippen molar-refractivity contribution in [1.82, 2.24) is 0 Å². The number of carbonyl (C=O) groups excluding carboxylic acids is 2. The number of hydrogen-bond donors (Lipinski definition) is 1. The van der Waals surface area contributed by atoms with Gasteiger partial charge in [-0.15, -0.1) is 0 Å². The third kappa shape index (κ3) is 3.30. The Morgan fingerprint density at radius 2 is 2.12 bits per heavy atom. The van der Waals surface area contributed by atoms with E-state index < -0.39 is 10.8 Å². The van der Waals surface area contributed by atoms with Crippen LogP contribution in [0.3, 0.4) is 0 Å². The lowest BCUT2D eigenvalue weighted by atomic mass is 10.1. The zero-order chi connectivity index (χ0) is 13.0. The number of phenols is 1. The third-order valence-corrected chi connectivity index (χ3v) is 3.31. The molecule has 1 atom stereocenters. The maximum absolute atomic E-state index is 11.4. The molecule has 0 aliphatic carbocycles. The summed E-state index contributed by atoms with van der Waals surface area (Å²) in [5.41, 5.74) is 0.696. The summed E-state index contributed by atoms with van der Waals surface area (Å²) in [7, 11) is 0. The van der Waals surface area contributed by atoms with Crippen LogP contribution in [0.4, 0.5) is 0 Å². The number of hydrogen-bond acceptors (Lipinski definition) is 4. The Morgan fingerprint density at radius 3 is 2.59 bits per heavy atom. The van der Waals surface area contributed by atoms with E-state index in [-0.39, 0.29) is 23.7 Å². The van der Waals surface area contributed by atoms with Gasteiger partial charge in [-0.3, -0.25) is 4.79 Å². The number of ketones is 1. The van der Waals surface area contributed by atoms with Crippen LogP contribution in [0.5, 0.6) is 5.75 Å². The van der Waals surface area contributed by atoms with Crippen LogP contribution in [0.1, 0.15) is 34.6 Å². The molecule has 0 saturated carbocycles. The van der Waals surface area contributed by atoms with E-state index in [1.165, 1.54) is 25.1 Å². The molecule has 4 nitrogen and oxygen atoms in total. The SMILES string of the molecule is CCOC(=O)c1ccc(C(Br)C(C)=O)c(O)c1. The van der Waals surface area contributed by atoms with E-state index in [0.29, 0.717) is 5.56 Å². The van der Waals surface area contributed by atoms with E-state index in [9.17, 15) is 14.7 Å². The summed E-state index contributed by atoms with van der Waals surface area (Å²) in [5, 5.41) is 9.74. The Morgan fingerprint density at radius 1 is 1.47 bits per heavy atom. The lowest BCUT2D eigenvalue weighted by Crippen LogP contribution is -2.06. The van der Waals surface area contributed by atoms with Crippen molar-refractivity contribution in [3.8, 4) is 5.75 Å². The van der Waals surface area contributed by atoms with Gasteiger partial charge in [-0.05, 0) is 26.0 Å². The molecule has 0 aliphatic rings. The van der Waals surface area contributed by atoms with E-state index in [1.54, 1.807) is 6.92 Å². The molecule has 17 heavy (non-hydrogen) atoms. The monoisotopic (exact) mass is 300 g/mol. The summed E-state index contributed by atoms with van der Waals surface area (Å²) in [5.74, 6) is -0.722. The molecule has 0 heterocycles. The Labute approximate surface area is 108 Å². The first-order chi connectivity index (χ1) is 7.97. The number of aromatic hydroxyl groups is 1. The van der Waals surface area contributed by atoms with Gasteiger partial charge in [-0.1, -0.05) is 22.0 Å². The van der Waals surface area contributed by atoms with Crippen LogP contribution in [0.25, 0.3) is 0 Å². The molecule has 1 N–H and O–H groups in total. The molecule has 1 rings (SSSR count). The van der Waals surface area contributed by atoms with Crippen LogP contribution in [-0.4, -0.2) is 23.5 Å². The molecular formula is C12H13BrO4. The van der Waals surface area contributed by atoms with Gasteiger partial charge in [0, 0.05) is 5.56 Å². The van der Waals surface area contributed by atoms with Gasteiger partial charge in [-0.25, -0.2) is 4.79 Å². The molecule has 0 radical (unpaired) electrons. The van der Waals surface area contributed by atoms with Crippen LogP contribution in [-0.2, 0) is 9.53 Å². The minimum Gasteiger partial charge on any atom is -0.508 e. The number of esters is 1. The van der Waals surface area contributed by atoms with Gasteiger partial charge in [0.2, 0.25) is 0 Å². The van der Waals surface area contributed by atoms with Crippen molar-refractivity contribution in [1.29, 1.82) is 0 Å². The second-order valence-corrected chi connectivity index (χ2v) is 4.38. The Bertz CT molecular complexity index is 442. The second-order valence-electron chi connectivity index (χ2n) is 3.47. The third-order valence-electron chi connectivity index (χ3n) is 2.17. The predicted octanol–water partition coefficient (Wildman–Crippen LogP) is 2.59. The van der Waals surface area contributed by atoms with Gasteiger partial charge in [0.1, 0.15) is 16.4 Å². The summed E-state index contributed by atoms with van der Waals surface area (Å²) in [6, 6.07) is 4.34. The number of alkyl halides is 1. The fraction of sp³-hybridized carbons (Fsp3) is 0.333. The van der Waals surface area contributed by atoms with Crippen molar-refractivity contribution in [3.63, 3.8) is 0 Å². The minimum absolute atomic E-state index is 0.104. The van der Waals surface area contributed by atoms with Gasteiger partial charge in [0.05, 0.1) is 12.2 Å². The topological polar surface area (TPSA) is 63.6 Å². The standard InChI is InChI=1S/C12H13BrO4/c1-3-17-12(16)8-4-5-9(10(15)6-8)11(13)7(2)14/h4-6,11,15H,3H2,1-2H3.